The van der Waals surface area contributed by atoms with Gasteiger partial charge in [0.25, 0.3) is 0 Å². The van der Waals surface area contributed by atoms with Crippen LogP contribution in [0.1, 0.15) is 37.7 Å². The maximum absolute atomic E-state index is 6.47. The summed E-state index contributed by atoms with van der Waals surface area (Å²) in [6.45, 7) is 7.14. The number of halogens is 1. The summed E-state index contributed by atoms with van der Waals surface area (Å²) in [6, 6.07) is 13.7. The van der Waals surface area contributed by atoms with Crippen LogP contribution in [0, 0.1) is 10.7 Å². The van der Waals surface area contributed by atoms with E-state index in [1.807, 2.05) is 43.3 Å². The molecular weight excluding hydrogens is 420 g/mol. The Morgan fingerprint density at radius 2 is 2.00 bits per heavy atom. The number of aromatic nitrogens is 3. The van der Waals surface area contributed by atoms with Crippen LogP contribution >= 0.6 is 23.8 Å². The Balaban J connectivity index is 1.87. The second-order valence-electron chi connectivity index (χ2n) is 7.13. The topological polar surface area (TPSA) is 64.4 Å². The Morgan fingerprint density at radius 3 is 2.70 bits per heavy atom. The number of ether oxygens (including phenoxy) is 2. The smallest absolute Gasteiger partial charge is 0.216 e. The summed E-state index contributed by atoms with van der Waals surface area (Å²) < 4.78 is 13.6. The summed E-state index contributed by atoms with van der Waals surface area (Å²) in [5.74, 6) is 2.24. The molecule has 1 aromatic heterocycles. The molecule has 8 heteroatoms. The number of benzene rings is 2. The van der Waals surface area contributed by atoms with Gasteiger partial charge >= 0.3 is 0 Å². The predicted octanol–water partition coefficient (Wildman–Crippen LogP) is 5.50. The summed E-state index contributed by atoms with van der Waals surface area (Å²) >= 11 is 11.8. The minimum Gasteiger partial charge on any atom is -0.490 e. The fourth-order valence-electron chi connectivity index (χ4n) is 2.78. The molecule has 0 fully saturated rings. The average Bonchev–Trinajstić information content (AvgIpc) is 3.06. The molecule has 0 unspecified atom stereocenters. The lowest BCUT2D eigenvalue weighted by Crippen LogP contribution is -2.07. The third-order valence-electron chi connectivity index (χ3n) is 4.14. The van der Waals surface area contributed by atoms with Crippen LogP contribution in [0.3, 0.4) is 0 Å². The molecule has 0 saturated carbocycles. The normalized spacial score (nSPS) is 11.4. The van der Waals surface area contributed by atoms with Crippen LogP contribution in [0.4, 0.5) is 0 Å². The fraction of sp³-hybridized carbons (Fsp3) is 0.318. The SMILES string of the molecule is CCOc1cc(/C=N\n2c(Cc3ccccc3)n[nH]c2=S)cc(Cl)c1OCC(C)C. The van der Waals surface area contributed by atoms with Crippen molar-refractivity contribution in [2.75, 3.05) is 13.2 Å². The van der Waals surface area contributed by atoms with Gasteiger partial charge in [-0.1, -0.05) is 55.8 Å². The standard InChI is InChI=1S/C22H25ClN4O2S/c1-4-28-19-11-17(10-18(23)21(19)29-14-15(2)3)13-24-27-20(25-26-22(27)30)12-16-8-6-5-7-9-16/h5-11,13,15H,4,12,14H2,1-3H3,(H,26,30)/b24-13-. The summed E-state index contributed by atoms with van der Waals surface area (Å²) in [4.78, 5) is 0. The van der Waals surface area contributed by atoms with E-state index < -0.39 is 0 Å². The van der Waals surface area contributed by atoms with Crippen LogP contribution in [0.2, 0.25) is 5.02 Å². The monoisotopic (exact) mass is 444 g/mol. The van der Waals surface area contributed by atoms with Crippen molar-refractivity contribution in [1.29, 1.82) is 0 Å². The maximum atomic E-state index is 6.47. The summed E-state index contributed by atoms with van der Waals surface area (Å²) in [5, 5.41) is 12.1. The van der Waals surface area contributed by atoms with Gasteiger partial charge < -0.3 is 9.47 Å². The van der Waals surface area contributed by atoms with Crippen LogP contribution in [-0.2, 0) is 6.42 Å². The van der Waals surface area contributed by atoms with Gasteiger partial charge in [0.05, 0.1) is 24.5 Å². The summed E-state index contributed by atoms with van der Waals surface area (Å²) in [6.07, 6.45) is 2.29. The van der Waals surface area contributed by atoms with Crippen molar-refractivity contribution >= 4 is 30.0 Å². The number of rotatable bonds is 9. The van der Waals surface area contributed by atoms with Crippen molar-refractivity contribution < 1.29 is 9.47 Å². The Bertz CT molecular complexity index is 1060. The molecule has 3 aromatic rings. The van der Waals surface area contributed by atoms with E-state index in [2.05, 4.69) is 29.1 Å². The highest BCUT2D eigenvalue weighted by atomic mass is 35.5. The van der Waals surface area contributed by atoms with Gasteiger partial charge in [-0.2, -0.15) is 14.9 Å². The van der Waals surface area contributed by atoms with E-state index in [9.17, 15) is 0 Å². The van der Waals surface area contributed by atoms with Crippen molar-refractivity contribution in [3.05, 3.63) is 69.2 Å². The third kappa shape index (κ3) is 5.70. The minimum absolute atomic E-state index is 0.378. The number of H-pyrrole nitrogens is 1. The molecule has 158 valence electrons. The van der Waals surface area contributed by atoms with E-state index in [4.69, 9.17) is 33.3 Å². The molecule has 0 aliphatic rings. The van der Waals surface area contributed by atoms with Crippen molar-refractivity contribution in [1.82, 2.24) is 14.9 Å². The maximum Gasteiger partial charge on any atom is 0.216 e. The Morgan fingerprint density at radius 1 is 1.23 bits per heavy atom. The zero-order valence-electron chi connectivity index (χ0n) is 17.3. The first-order valence-corrected chi connectivity index (χ1v) is 10.6. The molecular formula is C22H25ClN4O2S. The van der Waals surface area contributed by atoms with E-state index in [1.165, 1.54) is 0 Å². The number of hydrogen-bond donors (Lipinski definition) is 1. The number of aromatic amines is 1. The molecule has 3 rings (SSSR count). The van der Waals surface area contributed by atoms with Crippen molar-refractivity contribution in [3.8, 4) is 11.5 Å². The van der Waals surface area contributed by atoms with Gasteiger partial charge in [-0.3, -0.25) is 5.10 Å². The lowest BCUT2D eigenvalue weighted by molar-refractivity contribution is 0.248. The van der Waals surface area contributed by atoms with Gasteiger partial charge in [0.2, 0.25) is 4.77 Å². The van der Waals surface area contributed by atoms with Crippen LogP contribution < -0.4 is 9.47 Å². The molecule has 2 aromatic carbocycles. The van der Waals surface area contributed by atoms with Gasteiger partial charge in [0.1, 0.15) is 0 Å². The predicted molar refractivity (Wildman–Crippen MR) is 123 cm³/mol. The molecule has 1 N–H and O–H groups in total. The van der Waals surface area contributed by atoms with Crippen molar-refractivity contribution in [2.45, 2.75) is 27.2 Å². The van der Waals surface area contributed by atoms with Gasteiger partial charge in [0, 0.05) is 6.42 Å². The number of nitrogens with zero attached hydrogens (tertiary/aromatic N) is 3. The molecule has 6 nitrogen and oxygen atoms in total. The zero-order valence-corrected chi connectivity index (χ0v) is 18.8. The van der Waals surface area contributed by atoms with Crippen LogP contribution in [0.15, 0.2) is 47.6 Å². The molecule has 0 atom stereocenters. The first-order valence-electron chi connectivity index (χ1n) is 9.81. The molecule has 0 spiro atoms. The Hall–Kier alpha value is -2.64. The van der Waals surface area contributed by atoms with E-state index in [1.54, 1.807) is 17.0 Å². The second kappa shape index (κ2) is 10.4. The van der Waals surface area contributed by atoms with Crippen LogP contribution in [-0.4, -0.2) is 34.3 Å². The van der Waals surface area contributed by atoms with Gasteiger partial charge in [-0.05, 0) is 48.3 Å². The highest BCUT2D eigenvalue weighted by Gasteiger charge is 2.13. The lowest BCUT2D eigenvalue weighted by Gasteiger charge is -2.15. The van der Waals surface area contributed by atoms with Crippen LogP contribution in [0.25, 0.3) is 0 Å². The van der Waals surface area contributed by atoms with E-state index in [0.717, 1.165) is 17.0 Å². The zero-order chi connectivity index (χ0) is 21.5. The average molecular weight is 445 g/mol. The highest BCUT2D eigenvalue weighted by Crippen LogP contribution is 2.36. The molecule has 30 heavy (non-hydrogen) atoms. The van der Waals surface area contributed by atoms with E-state index >= 15 is 0 Å². The third-order valence-corrected chi connectivity index (χ3v) is 4.68. The van der Waals surface area contributed by atoms with Crippen molar-refractivity contribution in [2.24, 2.45) is 11.0 Å². The Labute approximate surface area is 186 Å². The van der Waals surface area contributed by atoms with E-state index in [0.29, 0.717) is 46.8 Å². The largest absolute Gasteiger partial charge is 0.490 e. The molecule has 0 aliphatic heterocycles. The first kappa shape index (κ1) is 22.1. The van der Waals surface area contributed by atoms with E-state index in [-0.39, 0.29) is 0 Å². The molecule has 1 heterocycles. The number of hydrogen-bond acceptors (Lipinski definition) is 5. The fourth-order valence-corrected chi connectivity index (χ4v) is 3.25. The molecule has 0 radical (unpaired) electrons. The second-order valence-corrected chi connectivity index (χ2v) is 7.93. The summed E-state index contributed by atoms with van der Waals surface area (Å²) in [5.41, 5.74) is 1.89. The quantitative estimate of drug-likeness (QED) is 0.349. The lowest BCUT2D eigenvalue weighted by atomic mass is 10.1. The van der Waals surface area contributed by atoms with Gasteiger partial charge in [-0.25, -0.2) is 0 Å². The van der Waals surface area contributed by atoms with Gasteiger partial charge in [0.15, 0.2) is 17.3 Å². The molecule has 0 amide bonds. The molecule has 0 saturated heterocycles. The highest BCUT2D eigenvalue weighted by molar-refractivity contribution is 7.71. The molecule has 0 bridgehead atoms. The molecule has 0 aliphatic carbocycles. The Kier molecular flexibility index (Phi) is 7.65. The van der Waals surface area contributed by atoms with Gasteiger partial charge in [-0.15, -0.1) is 0 Å². The van der Waals surface area contributed by atoms with Crippen molar-refractivity contribution in [3.63, 3.8) is 0 Å². The number of nitrogens with one attached hydrogen (secondary N) is 1. The summed E-state index contributed by atoms with van der Waals surface area (Å²) in [7, 11) is 0. The van der Waals surface area contributed by atoms with Crippen LogP contribution in [0.5, 0.6) is 11.5 Å². The minimum atomic E-state index is 0.378. The first-order chi connectivity index (χ1) is 14.5.